The van der Waals surface area contributed by atoms with Crippen LogP contribution in [0.1, 0.15) is 44.7 Å². The van der Waals surface area contributed by atoms with Crippen LogP contribution in [-0.4, -0.2) is 13.2 Å². The van der Waals surface area contributed by atoms with Gasteiger partial charge in [0.1, 0.15) is 5.75 Å². The van der Waals surface area contributed by atoms with Crippen LogP contribution in [0.25, 0.3) is 0 Å². The number of nitrogens with one attached hydrogen (secondary N) is 1. The summed E-state index contributed by atoms with van der Waals surface area (Å²) in [5, 5.41) is 3.58. The van der Waals surface area contributed by atoms with Crippen LogP contribution in [0.15, 0.2) is 18.2 Å². The average molecular weight is 249 g/mol. The molecule has 0 saturated carbocycles. The Labute approximate surface area is 112 Å². The molecule has 1 aromatic carbocycles. The fourth-order valence-corrected chi connectivity index (χ4v) is 2.03. The minimum Gasteiger partial charge on any atom is -0.496 e. The van der Waals surface area contributed by atoms with Gasteiger partial charge in [0, 0.05) is 12.6 Å². The molecule has 0 radical (unpaired) electrons. The van der Waals surface area contributed by atoms with Gasteiger partial charge in [-0.25, -0.2) is 0 Å². The highest BCUT2D eigenvalue weighted by molar-refractivity contribution is 5.36. The Morgan fingerprint density at radius 2 is 1.89 bits per heavy atom. The van der Waals surface area contributed by atoms with E-state index >= 15 is 0 Å². The summed E-state index contributed by atoms with van der Waals surface area (Å²) in [5.41, 5.74) is 2.52. The summed E-state index contributed by atoms with van der Waals surface area (Å²) in [7, 11) is 1.72. The molecule has 0 amide bonds. The van der Waals surface area contributed by atoms with Crippen LogP contribution in [-0.2, 0) is 6.54 Å². The lowest BCUT2D eigenvalue weighted by atomic mass is 10.0. The van der Waals surface area contributed by atoms with Crippen LogP contribution < -0.4 is 10.1 Å². The molecule has 0 heterocycles. The average Bonchev–Trinajstić information content (AvgIpc) is 2.34. The Morgan fingerprint density at radius 3 is 2.44 bits per heavy atom. The normalized spacial score (nSPS) is 12.8. The van der Waals surface area contributed by atoms with Gasteiger partial charge in [-0.1, -0.05) is 26.0 Å². The van der Waals surface area contributed by atoms with Gasteiger partial charge in [-0.15, -0.1) is 0 Å². The Kier molecular flexibility index (Phi) is 6.20. The summed E-state index contributed by atoms with van der Waals surface area (Å²) in [4.78, 5) is 0. The van der Waals surface area contributed by atoms with E-state index in [1.165, 1.54) is 24.0 Å². The van der Waals surface area contributed by atoms with Crippen molar-refractivity contribution >= 4 is 0 Å². The molecule has 1 atom stereocenters. The molecule has 0 aliphatic carbocycles. The standard InChI is InChI=1S/C16H27NO/c1-12(2)6-7-14(4)17-11-15-8-9-16(18-5)13(3)10-15/h8-10,12,14,17H,6-7,11H2,1-5H3. The summed E-state index contributed by atoms with van der Waals surface area (Å²) in [6, 6.07) is 6.95. The second kappa shape index (κ2) is 7.42. The maximum Gasteiger partial charge on any atom is 0.121 e. The summed E-state index contributed by atoms with van der Waals surface area (Å²) in [5.74, 6) is 1.75. The molecule has 1 unspecified atom stereocenters. The Hall–Kier alpha value is -1.02. The number of benzene rings is 1. The van der Waals surface area contributed by atoms with Crippen molar-refractivity contribution in [3.63, 3.8) is 0 Å². The van der Waals surface area contributed by atoms with E-state index < -0.39 is 0 Å². The zero-order valence-corrected chi connectivity index (χ0v) is 12.4. The van der Waals surface area contributed by atoms with Crippen molar-refractivity contribution in [2.45, 2.75) is 53.1 Å². The largest absolute Gasteiger partial charge is 0.496 e. The van der Waals surface area contributed by atoms with Gasteiger partial charge >= 0.3 is 0 Å². The molecule has 0 bridgehead atoms. The first-order valence-corrected chi connectivity index (χ1v) is 6.89. The molecule has 102 valence electrons. The van der Waals surface area contributed by atoms with Gasteiger partial charge in [-0.2, -0.15) is 0 Å². The van der Waals surface area contributed by atoms with Crippen molar-refractivity contribution in [3.8, 4) is 5.75 Å². The van der Waals surface area contributed by atoms with Crippen molar-refractivity contribution in [2.24, 2.45) is 5.92 Å². The van der Waals surface area contributed by atoms with Crippen molar-refractivity contribution < 1.29 is 4.74 Å². The maximum absolute atomic E-state index is 5.27. The summed E-state index contributed by atoms with van der Waals surface area (Å²) in [6.07, 6.45) is 2.53. The molecule has 18 heavy (non-hydrogen) atoms. The molecule has 1 N–H and O–H groups in total. The smallest absolute Gasteiger partial charge is 0.121 e. The Bertz CT molecular complexity index is 360. The van der Waals surface area contributed by atoms with Crippen molar-refractivity contribution in [1.82, 2.24) is 5.32 Å². The predicted molar refractivity (Wildman–Crippen MR) is 78.1 cm³/mol. The van der Waals surface area contributed by atoms with Crippen LogP contribution in [0, 0.1) is 12.8 Å². The first-order valence-electron chi connectivity index (χ1n) is 6.89. The summed E-state index contributed by atoms with van der Waals surface area (Å²) in [6.45, 7) is 9.84. The van der Waals surface area contributed by atoms with Gasteiger partial charge in [-0.05, 0) is 49.8 Å². The lowest BCUT2D eigenvalue weighted by Crippen LogP contribution is -2.25. The van der Waals surface area contributed by atoms with Crippen LogP contribution in [0.5, 0.6) is 5.75 Å². The molecule has 2 nitrogen and oxygen atoms in total. The second-order valence-corrected chi connectivity index (χ2v) is 5.56. The lowest BCUT2D eigenvalue weighted by Gasteiger charge is -2.15. The van der Waals surface area contributed by atoms with Crippen molar-refractivity contribution in [1.29, 1.82) is 0 Å². The number of hydrogen-bond donors (Lipinski definition) is 1. The lowest BCUT2D eigenvalue weighted by molar-refractivity contribution is 0.411. The topological polar surface area (TPSA) is 21.3 Å². The monoisotopic (exact) mass is 249 g/mol. The Balaban J connectivity index is 2.41. The van der Waals surface area contributed by atoms with Crippen molar-refractivity contribution in [3.05, 3.63) is 29.3 Å². The fourth-order valence-electron chi connectivity index (χ4n) is 2.03. The minimum atomic E-state index is 0.579. The first-order chi connectivity index (χ1) is 8.52. The third-order valence-electron chi connectivity index (χ3n) is 3.29. The van der Waals surface area contributed by atoms with Crippen LogP contribution in [0.4, 0.5) is 0 Å². The van der Waals surface area contributed by atoms with E-state index in [1.807, 2.05) is 6.07 Å². The van der Waals surface area contributed by atoms with E-state index in [2.05, 4.69) is 45.1 Å². The highest BCUT2D eigenvalue weighted by atomic mass is 16.5. The van der Waals surface area contributed by atoms with E-state index in [4.69, 9.17) is 4.74 Å². The number of ether oxygens (including phenoxy) is 1. The van der Waals surface area contributed by atoms with Gasteiger partial charge in [0.2, 0.25) is 0 Å². The summed E-state index contributed by atoms with van der Waals surface area (Å²) < 4.78 is 5.27. The first kappa shape index (κ1) is 15.0. The van der Waals surface area contributed by atoms with Gasteiger partial charge in [0.15, 0.2) is 0 Å². The number of aryl methyl sites for hydroxylation is 1. The molecular formula is C16H27NO. The van der Waals surface area contributed by atoms with Gasteiger partial charge in [-0.3, -0.25) is 0 Å². The fraction of sp³-hybridized carbons (Fsp3) is 0.625. The van der Waals surface area contributed by atoms with Crippen LogP contribution in [0.2, 0.25) is 0 Å². The third-order valence-corrected chi connectivity index (χ3v) is 3.29. The van der Waals surface area contributed by atoms with Crippen molar-refractivity contribution in [2.75, 3.05) is 7.11 Å². The zero-order chi connectivity index (χ0) is 13.5. The van der Waals surface area contributed by atoms with Crippen LogP contribution >= 0.6 is 0 Å². The molecule has 0 fully saturated rings. The molecule has 2 heteroatoms. The quantitative estimate of drug-likeness (QED) is 0.791. The molecule has 1 aromatic rings. The molecule has 0 aliphatic rings. The SMILES string of the molecule is COc1ccc(CNC(C)CCC(C)C)cc1C. The van der Waals surface area contributed by atoms with Gasteiger partial charge < -0.3 is 10.1 Å². The number of methoxy groups -OCH3 is 1. The molecule has 1 rings (SSSR count). The molecule has 0 aromatic heterocycles. The van der Waals surface area contributed by atoms with Gasteiger partial charge in [0.05, 0.1) is 7.11 Å². The van der Waals surface area contributed by atoms with E-state index in [9.17, 15) is 0 Å². The molecule has 0 spiro atoms. The van der Waals surface area contributed by atoms with E-state index in [0.717, 1.165) is 18.2 Å². The highest BCUT2D eigenvalue weighted by Gasteiger charge is 2.04. The molecule has 0 saturated heterocycles. The number of rotatable bonds is 7. The van der Waals surface area contributed by atoms with E-state index in [-0.39, 0.29) is 0 Å². The minimum absolute atomic E-state index is 0.579. The maximum atomic E-state index is 5.27. The number of hydrogen-bond acceptors (Lipinski definition) is 2. The zero-order valence-electron chi connectivity index (χ0n) is 12.4. The van der Waals surface area contributed by atoms with Gasteiger partial charge in [0.25, 0.3) is 0 Å². The predicted octanol–water partition coefficient (Wildman–Crippen LogP) is 3.92. The molecule has 0 aliphatic heterocycles. The van der Waals surface area contributed by atoms with E-state index in [1.54, 1.807) is 7.11 Å². The van der Waals surface area contributed by atoms with Crippen LogP contribution in [0.3, 0.4) is 0 Å². The highest BCUT2D eigenvalue weighted by Crippen LogP contribution is 2.18. The summed E-state index contributed by atoms with van der Waals surface area (Å²) >= 11 is 0. The second-order valence-electron chi connectivity index (χ2n) is 5.56. The van der Waals surface area contributed by atoms with E-state index in [0.29, 0.717) is 6.04 Å². The Morgan fingerprint density at radius 1 is 1.17 bits per heavy atom. The third kappa shape index (κ3) is 5.09. The molecular weight excluding hydrogens is 222 g/mol.